The van der Waals surface area contributed by atoms with Gasteiger partial charge < -0.3 is 10.2 Å². The fourth-order valence-corrected chi connectivity index (χ4v) is 2.13. The zero-order valence-corrected chi connectivity index (χ0v) is 11.1. The zero-order valence-electron chi connectivity index (χ0n) is 11.1. The Morgan fingerprint density at radius 1 is 1.47 bits per heavy atom. The fraction of sp³-hybridized carbons (Fsp3) is 0.643. The van der Waals surface area contributed by atoms with Gasteiger partial charge in [0.2, 0.25) is 0 Å². The summed E-state index contributed by atoms with van der Waals surface area (Å²) in [5.41, 5.74) is 1.31. The van der Waals surface area contributed by atoms with Crippen molar-refractivity contribution in [3.63, 3.8) is 0 Å². The third kappa shape index (κ3) is 3.19. The summed E-state index contributed by atoms with van der Waals surface area (Å²) >= 11 is 0. The Labute approximate surface area is 104 Å². The van der Waals surface area contributed by atoms with Crippen molar-refractivity contribution in [3.8, 4) is 0 Å². The average molecular weight is 233 g/mol. The van der Waals surface area contributed by atoms with Crippen LogP contribution in [0.5, 0.6) is 0 Å². The molecule has 1 N–H and O–H groups in total. The van der Waals surface area contributed by atoms with Crippen LogP contribution < -0.4 is 10.2 Å². The molecule has 0 spiro atoms. The highest BCUT2D eigenvalue weighted by Gasteiger charge is 2.21. The first-order valence-corrected chi connectivity index (χ1v) is 6.66. The minimum Gasteiger partial charge on any atom is -0.354 e. The second-order valence-electron chi connectivity index (χ2n) is 5.02. The van der Waals surface area contributed by atoms with Gasteiger partial charge in [-0.3, -0.25) is 0 Å². The van der Waals surface area contributed by atoms with Gasteiger partial charge in [0.15, 0.2) is 0 Å². The smallest absolute Gasteiger partial charge is 0.133 e. The Bertz CT molecular complexity index is 358. The van der Waals surface area contributed by atoms with Crippen LogP contribution in [-0.2, 0) is 6.54 Å². The molecule has 0 radical (unpaired) electrons. The first-order valence-electron chi connectivity index (χ1n) is 6.66. The number of aromatic nitrogens is 1. The van der Waals surface area contributed by atoms with E-state index in [0.29, 0.717) is 6.04 Å². The lowest BCUT2D eigenvalue weighted by atomic mass is 10.2. The Hall–Kier alpha value is -1.09. The summed E-state index contributed by atoms with van der Waals surface area (Å²) < 4.78 is 0. The van der Waals surface area contributed by atoms with Crippen molar-refractivity contribution in [3.05, 3.63) is 23.9 Å². The van der Waals surface area contributed by atoms with E-state index in [1.165, 1.54) is 18.4 Å². The van der Waals surface area contributed by atoms with Gasteiger partial charge in [-0.15, -0.1) is 0 Å². The van der Waals surface area contributed by atoms with Crippen LogP contribution in [0.15, 0.2) is 18.3 Å². The second-order valence-corrected chi connectivity index (χ2v) is 5.02. The first kappa shape index (κ1) is 12.4. The molecule has 3 nitrogen and oxygen atoms in total. The van der Waals surface area contributed by atoms with E-state index in [1.54, 1.807) is 0 Å². The van der Waals surface area contributed by atoms with E-state index in [4.69, 9.17) is 0 Å². The van der Waals surface area contributed by atoms with Gasteiger partial charge in [-0.1, -0.05) is 6.07 Å². The van der Waals surface area contributed by atoms with Crippen molar-refractivity contribution in [1.82, 2.24) is 10.3 Å². The van der Waals surface area contributed by atoms with E-state index in [-0.39, 0.29) is 0 Å². The van der Waals surface area contributed by atoms with Gasteiger partial charge in [-0.05, 0) is 39.7 Å². The molecule has 1 fully saturated rings. The van der Waals surface area contributed by atoms with Gasteiger partial charge in [0.1, 0.15) is 5.82 Å². The molecule has 0 amide bonds. The van der Waals surface area contributed by atoms with Gasteiger partial charge in [0.05, 0.1) is 0 Å². The summed E-state index contributed by atoms with van der Waals surface area (Å²) in [6.07, 6.45) is 4.55. The molecule has 1 aromatic heterocycles. The van der Waals surface area contributed by atoms with E-state index in [0.717, 1.165) is 24.9 Å². The van der Waals surface area contributed by atoms with Gasteiger partial charge in [0, 0.05) is 36.9 Å². The third-order valence-corrected chi connectivity index (χ3v) is 3.26. The monoisotopic (exact) mass is 233 g/mol. The number of nitrogens with zero attached hydrogens (tertiary/aromatic N) is 2. The average Bonchev–Trinajstić information content (AvgIpc) is 3.12. The van der Waals surface area contributed by atoms with Crippen molar-refractivity contribution in [2.24, 2.45) is 0 Å². The van der Waals surface area contributed by atoms with Crippen molar-refractivity contribution < 1.29 is 0 Å². The highest BCUT2D eigenvalue weighted by molar-refractivity contribution is 5.47. The number of pyridine rings is 1. The largest absolute Gasteiger partial charge is 0.354 e. The fourth-order valence-electron chi connectivity index (χ4n) is 2.13. The van der Waals surface area contributed by atoms with Crippen LogP contribution in [0.25, 0.3) is 0 Å². The normalized spacial score (nSPS) is 15.3. The first-order chi connectivity index (χ1) is 8.22. The highest BCUT2D eigenvalue weighted by Crippen LogP contribution is 2.22. The van der Waals surface area contributed by atoms with Crippen LogP contribution >= 0.6 is 0 Å². The van der Waals surface area contributed by atoms with Crippen LogP contribution in [0.2, 0.25) is 0 Å². The molecule has 0 aliphatic heterocycles. The summed E-state index contributed by atoms with van der Waals surface area (Å²) in [5.74, 6) is 1.14. The molecule has 0 atom stereocenters. The molecule has 0 aromatic carbocycles. The topological polar surface area (TPSA) is 28.2 Å². The van der Waals surface area contributed by atoms with Crippen molar-refractivity contribution >= 4 is 5.82 Å². The predicted octanol–water partition coefficient (Wildman–Crippen LogP) is 2.57. The van der Waals surface area contributed by atoms with Crippen LogP contribution in [-0.4, -0.2) is 23.6 Å². The lowest BCUT2D eigenvalue weighted by molar-refractivity contribution is 0.660. The Morgan fingerprint density at radius 3 is 2.82 bits per heavy atom. The molecule has 0 unspecified atom stereocenters. The molecular weight excluding hydrogens is 210 g/mol. The quantitative estimate of drug-likeness (QED) is 0.818. The number of rotatable bonds is 6. The van der Waals surface area contributed by atoms with Crippen LogP contribution in [0, 0.1) is 0 Å². The standard InChI is InChI=1S/C14H23N3/c1-4-17(11(2)3)14-12(6-5-9-15-14)10-16-13-7-8-13/h5-6,9,11,13,16H,4,7-8,10H2,1-3H3. The Balaban J connectivity index is 2.12. The molecule has 0 bridgehead atoms. The second kappa shape index (κ2) is 5.50. The van der Waals surface area contributed by atoms with E-state index < -0.39 is 0 Å². The molecule has 1 aromatic rings. The summed E-state index contributed by atoms with van der Waals surface area (Å²) in [6, 6.07) is 5.45. The van der Waals surface area contributed by atoms with E-state index in [9.17, 15) is 0 Å². The van der Waals surface area contributed by atoms with Crippen LogP contribution in [0.1, 0.15) is 39.2 Å². The molecule has 1 aliphatic carbocycles. The molecule has 94 valence electrons. The van der Waals surface area contributed by atoms with Gasteiger partial charge >= 0.3 is 0 Å². The van der Waals surface area contributed by atoms with E-state index in [2.05, 4.69) is 42.0 Å². The van der Waals surface area contributed by atoms with Crippen LogP contribution in [0.4, 0.5) is 5.82 Å². The van der Waals surface area contributed by atoms with Crippen molar-refractivity contribution in [2.75, 3.05) is 11.4 Å². The third-order valence-electron chi connectivity index (χ3n) is 3.26. The minimum absolute atomic E-state index is 0.495. The number of anilines is 1. The lowest BCUT2D eigenvalue weighted by Crippen LogP contribution is -2.32. The molecular formula is C14H23N3. The van der Waals surface area contributed by atoms with E-state index >= 15 is 0 Å². The minimum atomic E-state index is 0.495. The lowest BCUT2D eigenvalue weighted by Gasteiger charge is -2.28. The predicted molar refractivity (Wildman–Crippen MR) is 72.3 cm³/mol. The summed E-state index contributed by atoms with van der Waals surface area (Å²) in [6.45, 7) is 8.57. The maximum absolute atomic E-state index is 4.56. The number of nitrogens with one attached hydrogen (secondary N) is 1. The summed E-state index contributed by atoms with van der Waals surface area (Å²) in [4.78, 5) is 6.91. The molecule has 1 heterocycles. The van der Waals surface area contributed by atoms with Gasteiger partial charge in [0.25, 0.3) is 0 Å². The molecule has 2 rings (SSSR count). The molecule has 1 saturated carbocycles. The van der Waals surface area contributed by atoms with Crippen LogP contribution in [0.3, 0.4) is 0 Å². The molecule has 1 aliphatic rings. The maximum atomic E-state index is 4.56. The Kier molecular flexibility index (Phi) is 4.00. The van der Waals surface area contributed by atoms with Gasteiger partial charge in [-0.25, -0.2) is 4.98 Å². The SMILES string of the molecule is CCN(c1ncccc1CNC1CC1)C(C)C. The van der Waals surface area contributed by atoms with E-state index in [1.807, 2.05) is 12.3 Å². The summed E-state index contributed by atoms with van der Waals surface area (Å²) in [7, 11) is 0. The molecule has 3 heteroatoms. The molecule has 0 saturated heterocycles. The Morgan fingerprint density at radius 2 is 2.24 bits per heavy atom. The summed E-state index contributed by atoms with van der Waals surface area (Å²) in [5, 5.41) is 3.56. The zero-order chi connectivity index (χ0) is 12.3. The molecule has 17 heavy (non-hydrogen) atoms. The van der Waals surface area contributed by atoms with Crippen molar-refractivity contribution in [2.45, 2.75) is 52.2 Å². The highest BCUT2D eigenvalue weighted by atomic mass is 15.2. The van der Waals surface area contributed by atoms with Gasteiger partial charge in [-0.2, -0.15) is 0 Å². The maximum Gasteiger partial charge on any atom is 0.133 e. The van der Waals surface area contributed by atoms with Crippen molar-refractivity contribution in [1.29, 1.82) is 0 Å². The number of hydrogen-bond acceptors (Lipinski definition) is 3. The number of hydrogen-bond donors (Lipinski definition) is 1.